The van der Waals surface area contributed by atoms with Crippen LogP contribution in [0.25, 0.3) is 5.70 Å². The van der Waals surface area contributed by atoms with E-state index in [-0.39, 0.29) is 12.1 Å². The highest BCUT2D eigenvalue weighted by atomic mass is 35.5. The minimum atomic E-state index is -0.293. The summed E-state index contributed by atoms with van der Waals surface area (Å²) in [4.78, 5) is 4.75. The van der Waals surface area contributed by atoms with Crippen molar-refractivity contribution < 1.29 is 4.74 Å². The fraction of sp³-hybridized carbons (Fsp3) is 0.185. The average Bonchev–Trinajstić information content (AvgIpc) is 3.27. The first-order valence-electron chi connectivity index (χ1n) is 11.1. The van der Waals surface area contributed by atoms with E-state index < -0.39 is 0 Å². The molecule has 0 aliphatic carbocycles. The van der Waals surface area contributed by atoms with Gasteiger partial charge in [0.25, 0.3) is 0 Å². The Labute approximate surface area is 207 Å². The van der Waals surface area contributed by atoms with Crippen LogP contribution in [0, 0.1) is 13.8 Å². The van der Waals surface area contributed by atoms with Crippen molar-refractivity contribution in [3.05, 3.63) is 105 Å². The Morgan fingerprint density at radius 1 is 0.941 bits per heavy atom. The maximum atomic E-state index is 6.68. The molecule has 4 aromatic rings. The van der Waals surface area contributed by atoms with Crippen molar-refractivity contribution in [3.8, 4) is 5.75 Å². The second-order valence-corrected chi connectivity index (χ2v) is 9.89. The van der Waals surface area contributed by atoms with Crippen LogP contribution in [0.3, 0.4) is 0 Å². The van der Waals surface area contributed by atoms with Gasteiger partial charge in [-0.3, -0.25) is 0 Å². The highest BCUT2D eigenvalue weighted by Gasteiger charge is 2.41. The largest absolute Gasteiger partial charge is 0.480 e. The molecule has 0 radical (unpaired) electrons. The van der Waals surface area contributed by atoms with Gasteiger partial charge in [0, 0.05) is 16.2 Å². The van der Waals surface area contributed by atoms with Gasteiger partial charge in [0.15, 0.2) is 0 Å². The minimum Gasteiger partial charge on any atom is -0.480 e. The summed E-state index contributed by atoms with van der Waals surface area (Å²) in [6.45, 7) is 4.19. The highest BCUT2D eigenvalue weighted by Crippen LogP contribution is 2.51. The van der Waals surface area contributed by atoms with E-state index in [1.54, 1.807) is 0 Å². The molecular weight excluding hydrogens is 464 g/mol. The number of aryl methyl sites for hydroxylation is 2. The number of anilines is 1. The molecule has 34 heavy (non-hydrogen) atoms. The number of nitrogens with zero attached hydrogens (tertiary/aromatic N) is 3. The third-order valence-electron chi connectivity index (χ3n) is 6.37. The number of ether oxygens (including phenoxy) is 1. The first-order valence-corrected chi connectivity index (χ1v) is 12.7. The monoisotopic (exact) mass is 486 g/mol. The van der Waals surface area contributed by atoms with Crippen molar-refractivity contribution in [3.63, 3.8) is 0 Å². The molecule has 170 valence electrons. The molecule has 0 bridgehead atoms. The number of hydrogen-bond acceptors (Lipinski definition) is 5. The zero-order valence-corrected chi connectivity index (χ0v) is 20.6. The van der Waals surface area contributed by atoms with E-state index >= 15 is 0 Å². The quantitative estimate of drug-likeness (QED) is 0.321. The number of thioether (sulfide) groups is 1. The molecule has 0 fully saturated rings. The van der Waals surface area contributed by atoms with Crippen molar-refractivity contribution in [1.82, 2.24) is 14.8 Å². The summed E-state index contributed by atoms with van der Waals surface area (Å²) in [5.41, 5.74) is 7.64. The van der Waals surface area contributed by atoms with Gasteiger partial charge in [-0.15, -0.1) is 5.10 Å². The third kappa shape index (κ3) is 3.49. The van der Waals surface area contributed by atoms with Crippen molar-refractivity contribution in [1.29, 1.82) is 0 Å². The molecule has 2 aliphatic rings. The fourth-order valence-corrected chi connectivity index (χ4v) is 5.17. The first kappa shape index (κ1) is 21.3. The molecule has 0 unspecified atom stereocenters. The molecular formula is C27H23ClN4OS. The lowest BCUT2D eigenvalue weighted by Crippen LogP contribution is -2.32. The zero-order valence-electron chi connectivity index (χ0n) is 19.0. The lowest BCUT2D eigenvalue weighted by molar-refractivity contribution is 0.223. The van der Waals surface area contributed by atoms with Crippen LogP contribution in [0.5, 0.6) is 5.75 Å². The van der Waals surface area contributed by atoms with Crippen LogP contribution in [0.2, 0.25) is 5.02 Å². The van der Waals surface area contributed by atoms with Gasteiger partial charge in [0.05, 0.1) is 5.70 Å². The normalized spacial score (nSPS) is 18.5. The van der Waals surface area contributed by atoms with Gasteiger partial charge < -0.3 is 10.1 Å². The number of hydrogen-bond donors (Lipinski definition) is 1. The number of benzene rings is 3. The second-order valence-electron chi connectivity index (χ2n) is 8.68. The van der Waals surface area contributed by atoms with Crippen LogP contribution >= 0.6 is 23.4 Å². The molecule has 2 atom stereocenters. The number of halogens is 1. The van der Waals surface area contributed by atoms with E-state index in [0.29, 0.717) is 11.0 Å². The molecule has 3 heterocycles. The molecule has 2 aliphatic heterocycles. The number of rotatable bonds is 3. The average molecular weight is 487 g/mol. The fourth-order valence-electron chi connectivity index (χ4n) is 4.65. The summed E-state index contributed by atoms with van der Waals surface area (Å²) in [5, 5.41) is 9.80. The summed E-state index contributed by atoms with van der Waals surface area (Å²) >= 11 is 7.96. The van der Waals surface area contributed by atoms with Gasteiger partial charge in [-0.05, 0) is 49.4 Å². The van der Waals surface area contributed by atoms with Crippen molar-refractivity contribution in [2.45, 2.75) is 31.1 Å². The summed E-state index contributed by atoms with van der Waals surface area (Å²) in [6, 6.07) is 22.7. The van der Waals surface area contributed by atoms with Crippen LogP contribution in [0.4, 0.5) is 5.95 Å². The topological polar surface area (TPSA) is 52.0 Å². The predicted octanol–water partition coefficient (Wildman–Crippen LogP) is 6.83. The third-order valence-corrected chi connectivity index (χ3v) is 7.14. The molecule has 1 N–H and O–H groups in total. The zero-order chi connectivity index (χ0) is 23.4. The van der Waals surface area contributed by atoms with E-state index in [0.717, 1.165) is 38.9 Å². The van der Waals surface area contributed by atoms with E-state index in [9.17, 15) is 0 Å². The Kier molecular flexibility index (Phi) is 5.15. The van der Waals surface area contributed by atoms with Crippen LogP contribution in [0.1, 0.15) is 40.0 Å². The number of aromatic nitrogens is 3. The predicted molar refractivity (Wildman–Crippen MR) is 138 cm³/mol. The standard InChI is InChI=1S/C27H23ClN4OS/c1-15-4-8-17(9-5-15)24-22-23(29-26-30-27(34-3)31-32(24)26)20-14-19(28)12-13-21(20)33-25(22)18-10-6-16(2)7-11-18/h4-14,24-25H,1-3H3,(H,29,30,31)/t24-,25-/m0/s1. The molecule has 1 aromatic heterocycles. The number of fused-ring (bicyclic) bond motifs is 3. The highest BCUT2D eigenvalue weighted by molar-refractivity contribution is 7.98. The number of nitrogens with one attached hydrogen (secondary N) is 1. The summed E-state index contributed by atoms with van der Waals surface area (Å²) < 4.78 is 8.66. The van der Waals surface area contributed by atoms with Gasteiger partial charge in [0.2, 0.25) is 11.1 Å². The van der Waals surface area contributed by atoms with Gasteiger partial charge >= 0.3 is 0 Å². The van der Waals surface area contributed by atoms with E-state index in [4.69, 9.17) is 26.4 Å². The molecule has 0 saturated heterocycles. The Hall–Kier alpha value is -3.22. The molecule has 5 nitrogen and oxygen atoms in total. The van der Waals surface area contributed by atoms with Crippen LogP contribution in [0.15, 0.2) is 77.5 Å². The molecule has 0 amide bonds. The van der Waals surface area contributed by atoms with Gasteiger partial charge in [-0.1, -0.05) is 83.0 Å². The summed E-state index contributed by atoms with van der Waals surface area (Å²) in [5.74, 6) is 1.51. The van der Waals surface area contributed by atoms with Crippen LogP contribution in [-0.2, 0) is 0 Å². The molecule has 3 aromatic carbocycles. The smallest absolute Gasteiger partial charge is 0.227 e. The SMILES string of the molecule is CSc1nc2n(n1)[C@@H](c1ccc(C)cc1)C1=C(N2)c2cc(Cl)ccc2O[C@H]1c1ccc(C)cc1. The van der Waals surface area contributed by atoms with Gasteiger partial charge in [-0.2, -0.15) is 4.98 Å². The lowest BCUT2D eigenvalue weighted by Gasteiger charge is -2.39. The van der Waals surface area contributed by atoms with Gasteiger partial charge in [0.1, 0.15) is 17.9 Å². The first-order chi connectivity index (χ1) is 16.5. The second kappa shape index (κ2) is 8.22. The minimum absolute atomic E-state index is 0.182. The van der Waals surface area contributed by atoms with Gasteiger partial charge in [-0.25, -0.2) is 4.68 Å². The van der Waals surface area contributed by atoms with E-state index in [1.807, 2.05) is 29.1 Å². The van der Waals surface area contributed by atoms with Crippen molar-refractivity contribution >= 4 is 35.0 Å². The van der Waals surface area contributed by atoms with Crippen molar-refractivity contribution in [2.24, 2.45) is 0 Å². The van der Waals surface area contributed by atoms with Crippen molar-refractivity contribution in [2.75, 3.05) is 11.6 Å². The molecule has 6 rings (SSSR count). The molecule has 7 heteroatoms. The Bertz CT molecular complexity index is 1430. The molecule has 0 spiro atoms. The maximum Gasteiger partial charge on any atom is 0.227 e. The Balaban J connectivity index is 1.63. The van der Waals surface area contributed by atoms with Crippen LogP contribution < -0.4 is 10.1 Å². The summed E-state index contributed by atoms with van der Waals surface area (Å²) in [6.07, 6.45) is 1.70. The Morgan fingerprint density at radius 2 is 1.62 bits per heavy atom. The van der Waals surface area contributed by atoms with Crippen LogP contribution in [-0.4, -0.2) is 21.0 Å². The van der Waals surface area contributed by atoms with E-state index in [2.05, 4.69) is 67.7 Å². The lowest BCUT2D eigenvalue weighted by atomic mass is 9.84. The summed E-state index contributed by atoms with van der Waals surface area (Å²) in [7, 11) is 0. The Morgan fingerprint density at radius 3 is 2.29 bits per heavy atom. The molecule has 0 saturated carbocycles. The van der Waals surface area contributed by atoms with E-state index in [1.165, 1.54) is 22.9 Å². The maximum absolute atomic E-state index is 6.68.